The van der Waals surface area contributed by atoms with Crippen LogP contribution in [0, 0.1) is 0 Å². The van der Waals surface area contributed by atoms with Gasteiger partial charge < -0.3 is 15.1 Å². The van der Waals surface area contributed by atoms with Gasteiger partial charge in [-0.05, 0) is 60.5 Å². The highest BCUT2D eigenvalue weighted by Gasteiger charge is 2.43. The molecule has 1 aliphatic rings. The van der Waals surface area contributed by atoms with E-state index in [2.05, 4.69) is 20.7 Å². The van der Waals surface area contributed by atoms with Crippen LogP contribution in [-0.2, 0) is 31.7 Å². The van der Waals surface area contributed by atoms with Gasteiger partial charge in [-0.3, -0.25) is 14.9 Å². The van der Waals surface area contributed by atoms with Gasteiger partial charge in [0.25, 0.3) is 5.91 Å². The van der Waals surface area contributed by atoms with Crippen molar-refractivity contribution in [1.29, 1.82) is 0 Å². The van der Waals surface area contributed by atoms with E-state index in [-0.39, 0.29) is 11.4 Å². The van der Waals surface area contributed by atoms with E-state index in [1.807, 2.05) is 0 Å². The van der Waals surface area contributed by atoms with Gasteiger partial charge in [0.1, 0.15) is 11.3 Å². The molecule has 2 heterocycles. The number of hydrogen-bond acceptors (Lipinski definition) is 6. The first kappa shape index (κ1) is 23.9. The Hall–Kier alpha value is -4.22. The van der Waals surface area contributed by atoms with Crippen LogP contribution in [-0.4, -0.2) is 26.3 Å². The van der Waals surface area contributed by atoms with Crippen LogP contribution in [0.5, 0.6) is 0 Å². The van der Waals surface area contributed by atoms with E-state index in [0.717, 1.165) is 0 Å². The molecular formula is C24H22N4O6S. The largest absolute Gasteiger partial charge is 0.468 e. The van der Waals surface area contributed by atoms with Gasteiger partial charge in [0, 0.05) is 11.8 Å². The maximum Gasteiger partial charge on any atom is 0.322 e. The Morgan fingerprint density at radius 3 is 2.51 bits per heavy atom. The molecule has 1 aliphatic heterocycles. The summed E-state index contributed by atoms with van der Waals surface area (Å²) in [6, 6.07) is 15.4. The van der Waals surface area contributed by atoms with E-state index in [1.54, 1.807) is 55.5 Å². The van der Waals surface area contributed by atoms with E-state index >= 15 is 0 Å². The summed E-state index contributed by atoms with van der Waals surface area (Å²) in [5.74, 6) is -0.411. The lowest BCUT2D eigenvalue weighted by atomic mass is 9.92. The first-order chi connectivity index (χ1) is 16.7. The molecule has 3 aromatic rings. The van der Waals surface area contributed by atoms with Crippen LogP contribution >= 0.6 is 0 Å². The van der Waals surface area contributed by atoms with Crippen molar-refractivity contribution in [2.45, 2.75) is 23.9 Å². The van der Waals surface area contributed by atoms with Gasteiger partial charge in [-0.2, -0.15) is 0 Å². The van der Waals surface area contributed by atoms with Crippen molar-refractivity contribution in [3.05, 3.63) is 89.9 Å². The standard InChI is InChI=1S/C24H22N4O6S/c1-24(22(30)27-23(31)28-24)17-4-2-5-18(14-17)26-21(29)12-9-16-7-10-20(11-8-16)35(32,33)25-15-19-6-3-13-34-19/h2-14,25H,15H2,1H3,(H,26,29)(H2,27,28,30,31). The van der Waals surface area contributed by atoms with Gasteiger partial charge in [-0.15, -0.1) is 0 Å². The number of rotatable bonds is 8. The predicted molar refractivity (Wildman–Crippen MR) is 127 cm³/mol. The highest BCUT2D eigenvalue weighted by Crippen LogP contribution is 2.26. The summed E-state index contributed by atoms with van der Waals surface area (Å²) in [4.78, 5) is 36.1. The number of urea groups is 1. The zero-order chi connectivity index (χ0) is 25.1. The summed E-state index contributed by atoms with van der Waals surface area (Å²) in [7, 11) is -3.72. The first-order valence-electron chi connectivity index (χ1n) is 10.5. The molecule has 4 N–H and O–H groups in total. The zero-order valence-corrected chi connectivity index (χ0v) is 19.4. The molecule has 35 heavy (non-hydrogen) atoms. The highest BCUT2D eigenvalue weighted by atomic mass is 32.2. The topological polar surface area (TPSA) is 147 Å². The van der Waals surface area contributed by atoms with Crippen LogP contribution < -0.4 is 20.7 Å². The summed E-state index contributed by atoms with van der Waals surface area (Å²) in [6.07, 6.45) is 4.31. The van der Waals surface area contributed by atoms with Crippen LogP contribution in [0.2, 0.25) is 0 Å². The van der Waals surface area contributed by atoms with Gasteiger partial charge >= 0.3 is 6.03 Å². The number of benzene rings is 2. The summed E-state index contributed by atoms with van der Waals surface area (Å²) >= 11 is 0. The Bertz CT molecular complexity index is 1400. The molecule has 0 radical (unpaired) electrons. The zero-order valence-electron chi connectivity index (χ0n) is 18.6. The van der Waals surface area contributed by atoms with Crippen LogP contribution in [0.3, 0.4) is 0 Å². The van der Waals surface area contributed by atoms with Crippen LogP contribution in [0.4, 0.5) is 10.5 Å². The van der Waals surface area contributed by atoms with Gasteiger partial charge in [0.2, 0.25) is 15.9 Å². The Labute approximate surface area is 201 Å². The molecular weight excluding hydrogens is 472 g/mol. The number of amides is 4. The number of hydrogen-bond donors (Lipinski definition) is 4. The lowest BCUT2D eigenvalue weighted by Crippen LogP contribution is -2.40. The third-order valence-corrected chi connectivity index (χ3v) is 6.80. The Balaban J connectivity index is 1.38. The van der Waals surface area contributed by atoms with Crippen molar-refractivity contribution in [3.63, 3.8) is 0 Å². The maximum atomic E-state index is 12.4. The van der Waals surface area contributed by atoms with Gasteiger partial charge in [-0.1, -0.05) is 24.3 Å². The second kappa shape index (κ2) is 9.57. The average Bonchev–Trinajstić information content (AvgIpc) is 3.44. The van der Waals surface area contributed by atoms with Crippen molar-refractivity contribution in [2.75, 3.05) is 5.32 Å². The molecule has 1 atom stereocenters. The number of sulfonamides is 1. The minimum atomic E-state index is -3.72. The molecule has 1 fully saturated rings. The third-order valence-electron chi connectivity index (χ3n) is 5.39. The second-order valence-corrected chi connectivity index (χ2v) is 9.68. The van der Waals surface area contributed by atoms with Gasteiger partial charge in [-0.25, -0.2) is 17.9 Å². The number of imide groups is 1. The van der Waals surface area contributed by atoms with E-state index in [0.29, 0.717) is 22.6 Å². The number of carbonyl (C=O) groups excluding carboxylic acids is 3. The summed E-state index contributed by atoms with van der Waals surface area (Å²) in [5.41, 5.74) is 0.343. The number of furan rings is 1. The molecule has 2 aromatic carbocycles. The van der Waals surface area contributed by atoms with E-state index in [1.165, 1.54) is 30.5 Å². The molecule has 180 valence electrons. The minimum Gasteiger partial charge on any atom is -0.468 e. The maximum absolute atomic E-state index is 12.4. The van der Waals surface area contributed by atoms with E-state index in [9.17, 15) is 22.8 Å². The van der Waals surface area contributed by atoms with Gasteiger partial charge in [0.05, 0.1) is 17.7 Å². The average molecular weight is 495 g/mol. The monoisotopic (exact) mass is 494 g/mol. The molecule has 1 unspecified atom stereocenters. The molecule has 10 nitrogen and oxygen atoms in total. The Morgan fingerprint density at radius 2 is 1.86 bits per heavy atom. The fourth-order valence-corrected chi connectivity index (χ4v) is 4.42. The fraction of sp³-hybridized carbons (Fsp3) is 0.125. The molecule has 1 saturated heterocycles. The molecule has 4 amide bonds. The van der Waals surface area contributed by atoms with Crippen LogP contribution in [0.1, 0.15) is 23.8 Å². The fourth-order valence-electron chi connectivity index (χ4n) is 3.43. The lowest BCUT2D eigenvalue weighted by Gasteiger charge is -2.21. The SMILES string of the molecule is CC1(c2cccc(NC(=O)C=Cc3ccc(S(=O)(=O)NCc4ccco4)cc3)c2)NC(=O)NC1=O. The van der Waals surface area contributed by atoms with Crippen molar-refractivity contribution in [2.24, 2.45) is 0 Å². The molecule has 0 saturated carbocycles. The molecule has 4 rings (SSSR count). The molecule has 1 aromatic heterocycles. The number of nitrogens with one attached hydrogen (secondary N) is 4. The smallest absolute Gasteiger partial charge is 0.322 e. The molecule has 11 heteroatoms. The Morgan fingerprint density at radius 1 is 1.09 bits per heavy atom. The number of carbonyl (C=O) groups is 3. The summed E-state index contributed by atoms with van der Waals surface area (Å²) < 4.78 is 32.4. The lowest BCUT2D eigenvalue weighted by molar-refractivity contribution is -0.123. The quantitative estimate of drug-likeness (QED) is 0.279. The van der Waals surface area contributed by atoms with Crippen LogP contribution in [0.15, 0.2) is 82.3 Å². The third kappa shape index (κ3) is 5.48. The van der Waals surface area contributed by atoms with Crippen molar-refractivity contribution >= 4 is 39.6 Å². The first-order valence-corrected chi connectivity index (χ1v) is 12.0. The highest BCUT2D eigenvalue weighted by molar-refractivity contribution is 7.89. The van der Waals surface area contributed by atoms with Crippen molar-refractivity contribution in [3.8, 4) is 0 Å². The van der Waals surface area contributed by atoms with Crippen molar-refractivity contribution in [1.82, 2.24) is 15.4 Å². The molecule has 0 aliphatic carbocycles. The van der Waals surface area contributed by atoms with E-state index in [4.69, 9.17) is 4.42 Å². The summed E-state index contributed by atoms with van der Waals surface area (Å²) in [5, 5.41) is 7.47. The number of anilines is 1. The molecule has 0 bridgehead atoms. The molecule has 0 spiro atoms. The normalized spacial score (nSPS) is 17.9. The minimum absolute atomic E-state index is 0.0363. The van der Waals surface area contributed by atoms with E-state index < -0.39 is 33.4 Å². The Kier molecular flexibility index (Phi) is 6.54. The summed E-state index contributed by atoms with van der Waals surface area (Å²) in [6.45, 7) is 1.61. The van der Waals surface area contributed by atoms with Crippen molar-refractivity contribution < 1.29 is 27.2 Å². The van der Waals surface area contributed by atoms with Crippen LogP contribution in [0.25, 0.3) is 6.08 Å². The van der Waals surface area contributed by atoms with Gasteiger partial charge in [0.15, 0.2) is 0 Å². The second-order valence-electron chi connectivity index (χ2n) is 7.91. The predicted octanol–water partition coefficient (Wildman–Crippen LogP) is 2.46.